The van der Waals surface area contributed by atoms with E-state index in [2.05, 4.69) is 5.32 Å². The first kappa shape index (κ1) is 16.8. The first-order valence-corrected chi connectivity index (χ1v) is 6.92. The second-order valence-corrected chi connectivity index (χ2v) is 4.62. The van der Waals surface area contributed by atoms with E-state index in [1.165, 1.54) is 6.08 Å². The van der Waals surface area contributed by atoms with Crippen LogP contribution in [0, 0.1) is 0 Å². The normalized spacial score (nSPS) is 12.1. The van der Waals surface area contributed by atoms with E-state index in [4.69, 9.17) is 9.84 Å². The van der Waals surface area contributed by atoms with E-state index < -0.39 is 17.9 Å². The summed E-state index contributed by atoms with van der Waals surface area (Å²) < 4.78 is 5.17. The lowest BCUT2D eigenvalue weighted by Gasteiger charge is -2.12. The zero-order valence-electron chi connectivity index (χ0n) is 12.3. The summed E-state index contributed by atoms with van der Waals surface area (Å²) in [4.78, 5) is 22.8. The number of benzene rings is 1. The molecule has 0 fully saturated rings. The minimum Gasteiger partial charge on any atom is -0.496 e. The highest BCUT2D eigenvalue weighted by Crippen LogP contribution is 2.18. The van der Waals surface area contributed by atoms with Crippen molar-refractivity contribution in [1.82, 2.24) is 5.32 Å². The molecule has 1 aromatic carbocycles. The number of hydrogen-bond acceptors (Lipinski definition) is 3. The SMILES string of the molecule is CCCCC(NC(=O)/C=C/c1ccccc1OC)C(=O)O. The van der Waals surface area contributed by atoms with Crippen molar-refractivity contribution in [2.75, 3.05) is 7.11 Å². The Morgan fingerprint density at radius 3 is 2.71 bits per heavy atom. The summed E-state index contributed by atoms with van der Waals surface area (Å²) in [5.41, 5.74) is 0.760. The van der Waals surface area contributed by atoms with Crippen molar-refractivity contribution in [2.24, 2.45) is 0 Å². The Balaban J connectivity index is 2.66. The summed E-state index contributed by atoms with van der Waals surface area (Å²) in [5.74, 6) is -0.783. The minimum atomic E-state index is -1.01. The van der Waals surface area contributed by atoms with Gasteiger partial charge in [0.2, 0.25) is 5.91 Å². The van der Waals surface area contributed by atoms with Gasteiger partial charge in [-0.1, -0.05) is 38.0 Å². The predicted octanol–water partition coefficient (Wildman–Crippen LogP) is 2.47. The Morgan fingerprint density at radius 2 is 2.10 bits per heavy atom. The van der Waals surface area contributed by atoms with Crippen molar-refractivity contribution in [3.8, 4) is 5.75 Å². The number of ether oxygens (including phenoxy) is 1. The fraction of sp³-hybridized carbons (Fsp3) is 0.375. The molecule has 0 aromatic heterocycles. The smallest absolute Gasteiger partial charge is 0.326 e. The number of methoxy groups -OCH3 is 1. The Morgan fingerprint density at radius 1 is 1.38 bits per heavy atom. The standard InChI is InChI=1S/C16H21NO4/c1-3-4-8-13(16(19)20)17-15(18)11-10-12-7-5-6-9-14(12)21-2/h5-7,9-11,13H,3-4,8H2,1-2H3,(H,17,18)(H,19,20)/b11-10+. The molecule has 0 bridgehead atoms. The summed E-state index contributed by atoms with van der Waals surface area (Å²) in [6.45, 7) is 1.97. The van der Waals surface area contributed by atoms with Gasteiger partial charge in [0.1, 0.15) is 11.8 Å². The number of carbonyl (C=O) groups excluding carboxylic acids is 1. The van der Waals surface area contributed by atoms with Gasteiger partial charge in [0, 0.05) is 11.6 Å². The lowest BCUT2D eigenvalue weighted by Crippen LogP contribution is -2.39. The Hall–Kier alpha value is -2.30. The van der Waals surface area contributed by atoms with E-state index >= 15 is 0 Å². The molecule has 1 amide bonds. The molecule has 2 N–H and O–H groups in total. The monoisotopic (exact) mass is 291 g/mol. The van der Waals surface area contributed by atoms with Crippen molar-refractivity contribution in [3.63, 3.8) is 0 Å². The van der Waals surface area contributed by atoms with Gasteiger partial charge in [0.05, 0.1) is 7.11 Å². The van der Waals surface area contributed by atoms with Gasteiger partial charge in [0.15, 0.2) is 0 Å². The van der Waals surface area contributed by atoms with Gasteiger partial charge < -0.3 is 15.2 Å². The van der Waals surface area contributed by atoms with Gasteiger partial charge in [-0.05, 0) is 18.6 Å². The van der Waals surface area contributed by atoms with Crippen LogP contribution in [0.5, 0.6) is 5.75 Å². The molecule has 0 saturated heterocycles. The Kier molecular flexibility index (Phi) is 7.01. The van der Waals surface area contributed by atoms with E-state index in [1.54, 1.807) is 19.3 Å². The fourth-order valence-corrected chi connectivity index (χ4v) is 1.86. The molecule has 0 aliphatic carbocycles. The van der Waals surface area contributed by atoms with Crippen LogP contribution >= 0.6 is 0 Å². The zero-order chi connectivity index (χ0) is 15.7. The average Bonchev–Trinajstić information content (AvgIpc) is 2.49. The Bertz CT molecular complexity index is 511. The first-order chi connectivity index (χ1) is 10.1. The summed E-state index contributed by atoms with van der Waals surface area (Å²) in [5, 5.41) is 11.6. The molecule has 21 heavy (non-hydrogen) atoms. The van der Waals surface area contributed by atoms with Gasteiger partial charge in [0.25, 0.3) is 0 Å². The number of carboxylic acids is 1. The van der Waals surface area contributed by atoms with Crippen LogP contribution in [0.4, 0.5) is 0 Å². The number of hydrogen-bond donors (Lipinski definition) is 2. The van der Waals surface area contributed by atoms with Gasteiger partial charge in [-0.25, -0.2) is 4.79 Å². The zero-order valence-corrected chi connectivity index (χ0v) is 12.3. The van der Waals surface area contributed by atoms with Crippen LogP contribution < -0.4 is 10.1 Å². The molecule has 0 aliphatic rings. The number of aliphatic carboxylic acids is 1. The number of unbranched alkanes of at least 4 members (excludes halogenated alkanes) is 1. The summed E-state index contributed by atoms with van der Waals surface area (Å²) in [6, 6.07) is 6.43. The number of carbonyl (C=O) groups is 2. The second kappa shape index (κ2) is 8.79. The fourth-order valence-electron chi connectivity index (χ4n) is 1.86. The molecular formula is C16H21NO4. The highest BCUT2D eigenvalue weighted by atomic mass is 16.5. The molecule has 0 saturated carbocycles. The number of amides is 1. The van der Waals surface area contributed by atoms with Crippen molar-refractivity contribution in [2.45, 2.75) is 32.2 Å². The largest absolute Gasteiger partial charge is 0.496 e. The molecule has 1 atom stereocenters. The highest BCUT2D eigenvalue weighted by Gasteiger charge is 2.17. The lowest BCUT2D eigenvalue weighted by molar-refractivity contribution is -0.141. The summed E-state index contributed by atoms with van der Waals surface area (Å²) >= 11 is 0. The topological polar surface area (TPSA) is 75.6 Å². The third-order valence-corrected chi connectivity index (χ3v) is 3.01. The maximum absolute atomic E-state index is 11.8. The van der Waals surface area contributed by atoms with Crippen molar-refractivity contribution in [1.29, 1.82) is 0 Å². The van der Waals surface area contributed by atoms with Crippen molar-refractivity contribution < 1.29 is 19.4 Å². The number of nitrogens with one attached hydrogen (secondary N) is 1. The van der Waals surface area contributed by atoms with Crippen molar-refractivity contribution in [3.05, 3.63) is 35.9 Å². The quantitative estimate of drug-likeness (QED) is 0.721. The molecule has 1 aromatic rings. The maximum Gasteiger partial charge on any atom is 0.326 e. The summed E-state index contributed by atoms with van der Waals surface area (Å²) in [6.07, 6.45) is 5.00. The Labute approximate surface area is 124 Å². The number of rotatable bonds is 8. The van der Waals surface area contributed by atoms with E-state index in [9.17, 15) is 9.59 Å². The molecule has 5 heteroatoms. The minimum absolute atomic E-state index is 0.426. The van der Waals surface area contributed by atoms with Crippen molar-refractivity contribution >= 4 is 18.0 Å². The van der Waals surface area contributed by atoms with Crippen LogP contribution in [-0.4, -0.2) is 30.1 Å². The average molecular weight is 291 g/mol. The molecule has 0 spiro atoms. The molecule has 114 valence electrons. The molecule has 0 heterocycles. The van der Waals surface area contributed by atoms with E-state index in [1.807, 2.05) is 25.1 Å². The lowest BCUT2D eigenvalue weighted by atomic mass is 10.1. The maximum atomic E-state index is 11.8. The highest BCUT2D eigenvalue weighted by molar-refractivity contribution is 5.94. The number of para-hydroxylation sites is 1. The van der Waals surface area contributed by atoms with Crippen LogP contribution in [0.1, 0.15) is 31.7 Å². The number of carboxylic acid groups (broad SMARTS) is 1. The van der Waals surface area contributed by atoms with Crippen LogP contribution in [0.3, 0.4) is 0 Å². The van der Waals surface area contributed by atoms with Gasteiger partial charge in [-0.2, -0.15) is 0 Å². The van der Waals surface area contributed by atoms with Gasteiger partial charge in [-0.15, -0.1) is 0 Å². The van der Waals surface area contributed by atoms with E-state index in [-0.39, 0.29) is 0 Å². The molecule has 0 aliphatic heterocycles. The van der Waals surface area contributed by atoms with E-state index in [0.717, 1.165) is 18.4 Å². The third-order valence-electron chi connectivity index (χ3n) is 3.01. The third kappa shape index (κ3) is 5.69. The summed E-state index contributed by atoms with van der Waals surface area (Å²) in [7, 11) is 1.55. The van der Waals surface area contributed by atoms with Gasteiger partial charge in [-0.3, -0.25) is 4.79 Å². The predicted molar refractivity (Wildman–Crippen MR) is 81.1 cm³/mol. The molecular weight excluding hydrogens is 270 g/mol. The van der Waals surface area contributed by atoms with E-state index in [0.29, 0.717) is 12.2 Å². The molecule has 1 unspecified atom stereocenters. The van der Waals surface area contributed by atoms with Crippen LogP contribution in [0.2, 0.25) is 0 Å². The molecule has 5 nitrogen and oxygen atoms in total. The van der Waals surface area contributed by atoms with Crippen LogP contribution in [0.15, 0.2) is 30.3 Å². The molecule has 0 radical (unpaired) electrons. The van der Waals surface area contributed by atoms with Crippen LogP contribution in [-0.2, 0) is 9.59 Å². The van der Waals surface area contributed by atoms with Crippen LogP contribution in [0.25, 0.3) is 6.08 Å². The van der Waals surface area contributed by atoms with Gasteiger partial charge >= 0.3 is 5.97 Å². The molecule has 1 rings (SSSR count). The first-order valence-electron chi connectivity index (χ1n) is 6.92. The second-order valence-electron chi connectivity index (χ2n) is 4.62.